The van der Waals surface area contributed by atoms with Crippen LogP contribution >= 0.6 is 11.3 Å². The van der Waals surface area contributed by atoms with Crippen LogP contribution in [0, 0.1) is 13.8 Å². The van der Waals surface area contributed by atoms with Crippen molar-refractivity contribution in [1.82, 2.24) is 10.3 Å². The van der Waals surface area contributed by atoms with Gasteiger partial charge in [0.1, 0.15) is 4.88 Å². The number of aryl methyl sites for hydroxylation is 2. The van der Waals surface area contributed by atoms with Crippen LogP contribution in [0.1, 0.15) is 26.8 Å². The topological polar surface area (TPSA) is 99.5 Å². The van der Waals surface area contributed by atoms with Crippen LogP contribution < -0.4 is 5.32 Å². The van der Waals surface area contributed by atoms with Gasteiger partial charge in [-0.2, -0.15) is 0 Å². The summed E-state index contributed by atoms with van der Waals surface area (Å²) in [4.78, 5) is 26.6. The van der Waals surface area contributed by atoms with Crippen LogP contribution in [0.15, 0.2) is 0 Å². The predicted molar refractivity (Wildman–Crippen MR) is 62.2 cm³/mol. The summed E-state index contributed by atoms with van der Waals surface area (Å²) in [5, 5.41) is 20.8. The largest absolute Gasteiger partial charge is 0.479 e. The summed E-state index contributed by atoms with van der Waals surface area (Å²) in [6.07, 6.45) is -1.46. The van der Waals surface area contributed by atoms with Gasteiger partial charge in [-0.3, -0.25) is 4.79 Å². The number of nitrogens with one attached hydrogen (secondary N) is 1. The molecule has 1 aromatic heterocycles. The van der Waals surface area contributed by atoms with Crippen molar-refractivity contribution in [2.75, 3.05) is 6.54 Å². The number of amides is 1. The molecule has 0 aliphatic heterocycles. The third-order valence-corrected chi connectivity index (χ3v) is 3.17. The van der Waals surface area contributed by atoms with E-state index in [9.17, 15) is 9.59 Å². The number of carboxylic acid groups (broad SMARTS) is 1. The molecule has 1 atom stereocenters. The molecule has 1 aromatic rings. The molecular weight excluding hydrogens is 244 g/mol. The smallest absolute Gasteiger partial charge is 0.332 e. The average molecular weight is 258 g/mol. The molecule has 0 saturated heterocycles. The maximum atomic E-state index is 11.7. The van der Waals surface area contributed by atoms with E-state index in [1.165, 1.54) is 11.3 Å². The maximum Gasteiger partial charge on any atom is 0.332 e. The Bertz CT molecular complexity index is 430. The second-order valence-corrected chi connectivity index (χ2v) is 4.75. The summed E-state index contributed by atoms with van der Waals surface area (Å²) in [6.45, 7) is 3.66. The molecular formula is C10H14N2O4S. The van der Waals surface area contributed by atoms with E-state index in [0.717, 1.165) is 5.01 Å². The number of hydrogen-bond donors (Lipinski definition) is 3. The van der Waals surface area contributed by atoms with Gasteiger partial charge >= 0.3 is 5.97 Å². The van der Waals surface area contributed by atoms with Crippen LogP contribution in [0.3, 0.4) is 0 Å². The Morgan fingerprint density at radius 3 is 2.59 bits per heavy atom. The molecule has 0 aliphatic carbocycles. The highest BCUT2D eigenvalue weighted by Gasteiger charge is 2.16. The van der Waals surface area contributed by atoms with Crippen molar-refractivity contribution in [3.8, 4) is 0 Å². The number of carbonyl (C=O) groups is 2. The Kier molecular flexibility index (Phi) is 4.59. The lowest BCUT2D eigenvalue weighted by molar-refractivity contribution is -0.146. The Morgan fingerprint density at radius 2 is 2.12 bits per heavy atom. The summed E-state index contributed by atoms with van der Waals surface area (Å²) in [5.41, 5.74) is 0.656. The number of aliphatic hydroxyl groups is 1. The number of aliphatic carboxylic acids is 1. The second kappa shape index (κ2) is 5.74. The molecule has 6 nitrogen and oxygen atoms in total. The number of carboxylic acids is 1. The molecule has 0 saturated carbocycles. The molecule has 0 fully saturated rings. The summed E-state index contributed by atoms with van der Waals surface area (Å²) in [6, 6.07) is 0. The zero-order valence-electron chi connectivity index (χ0n) is 9.56. The zero-order valence-corrected chi connectivity index (χ0v) is 10.4. The Balaban J connectivity index is 2.45. The summed E-state index contributed by atoms with van der Waals surface area (Å²) < 4.78 is 0. The SMILES string of the molecule is Cc1nc(C)c(C(=O)NCCC(O)C(=O)O)s1. The summed E-state index contributed by atoms with van der Waals surface area (Å²) in [5.74, 6) is -1.57. The van der Waals surface area contributed by atoms with E-state index in [1.54, 1.807) is 6.92 Å². The van der Waals surface area contributed by atoms with Gasteiger partial charge in [0.05, 0.1) is 10.7 Å². The van der Waals surface area contributed by atoms with Crippen molar-refractivity contribution >= 4 is 23.2 Å². The maximum absolute atomic E-state index is 11.7. The molecule has 0 bridgehead atoms. The van der Waals surface area contributed by atoms with E-state index in [0.29, 0.717) is 10.6 Å². The number of aliphatic hydroxyl groups excluding tert-OH is 1. The number of hydrogen-bond acceptors (Lipinski definition) is 5. The van der Waals surface area contributed by atoms with Gasteiger partial charge in [-0.1, -0.05) is 0 Å². The Hall–Kier alpha value is -1.47. The van der Waals surface area contributed by atoms with E-state index in [4.69, 9.17) is 10.2 Å². The molecule has 0 spiro atoms. The lowest BCUT2D eigenvalue weighted by Gasteiger charge is -2.06. The van der Waals surface area contributed by atoms with Crippen LogP contribution in [0.25, 0.3) is 0 Å². The Labute approximate surface area is 102 Å². The van der Waals surface area contributed by atoms with Gasteiger partial charge in [0, 0.05) is 13.0 Å². The lowest BCUT2D eigenvalue weighted by Crippen LogP contribution is -2.29. The average Bonchev–Trinajstić information content (AvgIpc) is 2.57. The summed E-state index contributed by atoms with van der Waals surface area (Å²) >= 11 is 1.29. The van der Waals surface area contributed by atoms with Gasteiger partial charge in [0.25, 0.3) is 5.91 Å². The van der Waals surface area contributed by atoms with E-state index in [1.807, 2.05) is 6.92 Å². The second-order valence-electron chi connectivity index (χ2n) is 3.55. The fraction of sp³-hybridized carbons (Fsp3) is 0.500. The number of nitrogens with zero attached hydrogens (tertiary/aromatic N) is 1. The van der Waals surface area contributed by atoms with Gasteiger partial charge in [-0.15, -0.1) is 11.3 Å². The van der Waals surface area contributed by atoms with Crippen LogP contribution in [-0.4, -0.2) is 39.7 Å². The van der Waals surface area contributed by atoms with Gasteiger partial charge in [-0.25, -0.2) is 9.78 Å². The van der Waals surface area contributed by atoms with Crippen molar-refractivity contribution in [1.29, 1.82) is 0 Å². The zero-order chi connectivity index (χ0) is 13.0. The number of carbonyl (C=O) groups excluding carboxylic acids is 1. The minimum Gasteiger partial charge on any atom is -0.479 e. The summed E-state index contributed by atoms with van der Waals surface area (Å²) in [7, 11) is 0. The molecule has 1 heterocycles. The highest BCUT2D eigenvalue weighted by molar-refractivity contribution is 7.13. The lowest BCUT2D eigenvalue weighted by atomic mass is 10.2. The van der Waals surface area contributed by atoms with E-state index >= 15 is 0 Å². The van der Waals surface area contributed by atoms with E-state index < -0.39 is 12.1 Å². The number of rotatable bonds is 5. The normalized spacial score (nSPS) is 12.2. The molecule has 0 aliphatic rings. The molecule has 17 heavy (non-hydrogen) atoms. The number of aromatic nitrogens is 1. The van der Waals surface area contributed by atoms with Crippen molar-refractivity contribution in [3.63, 3.8) is 0 Å². The third kappa shape index (κ3) is 3.79. The van der Waals surface area contributed by atoms with Crippen LogP contribution in [0.4, 0.5) is 0 Å². The van der Waals surface area contributed by atoms with Crippen LogP contribution in [-0.2, 0) is 4.79 Å². The van der Waals surface area contributed by atoms with Gasteiger partial charge in [-0.05, 0) is 13.8 Å². The van der Waals surface area contributed by atoms with Crippen molar-refractivity contribution in [2.45, 2.75) is 26.4 Å². The predicted octanol–water partition coefficient (Wildman–Crippen LogP) is 0.325. The highest BCUT2D eigenvalue weighted by atomic mass is 32.1. The first-order valence-electron chi connectivity index (χ1n) is 5.05. The van der Waals surface area contributed by atoms with Crippen molar-refractivity contribution in [3.05, 3.63) is 15.6 Å². The molecule has 0 aromatic carbocycles. The highest BCUT2D eigenvalue weighted by Crippen LogP contribution is 2.16. The Morgan fingerprint density at radius 1 is 1.47 bits per heavy atom. The van der Waals surface area contributed by atoms with Crippen molar-refractivity contribution in [2.24, 2.45) is 0 Å². The molecule has 1 amide bonds. The molecule has 94 valence electrons. The first-order chi connectivity index (χ1) is 7.91. The van der Waals surface area contributed by atoms with Crippen molar-refractivity contribution < 1.29 is 19.8 Å². The third-order valence-electron chi connectivity index (χ3n) is 2.10. The van der Waals surface area contributed by atoms with Crippen LogP contribution in [0.5, 0.6) is 0 Å². The van der Waals surface area contributed by atoms with E-state index in [-0.39, 0.29) is 18.9 Å². The van der Waals surface area contributed by atoms with Gasteiger partial charge in [0.2, 0.25) is 0 Å². The van der Waals surface area contributed by atoms with Gasteiger partial charge in [0.15, 0.2) is 6.10 Å². The number of thiazole rings is 1. The monoisotopic (exact) mass is 258 g/mol. The van der Waals surface area contributed by atoms with Gasteiger partial charge < -0.3 is 15.5 Å². The minimum atomic E-state index is -1.44. The fourth-order valence-electron chi connectivity index (χ4n) is 1.27. The molecule has 1 unspecified atom stereocenters. The molecule has 0 radical (unpaired) electrons. The quantitative estimate of drug-likeness (QED) is 0.706. The first-order valence-corrected chi connectivity index (χ1v) is 5.86. The fourth-order valence-corrected chi connectivity index (χ4v) is 2.10. The van der Waals surface area contributed by atoms with E-state index in [2.05, 4.69) is 10.3 Å². The molecule has 3 N–H and O–H groups in total. The molecule has 1 rings (SSSR count). The molecule has 7 heteroatoms. The standard InChI is InChI=1S/C10H14N2O4S/c1-5-8(17-6(2)12-5)9(14)11-4-3-7(13)10(15)16/h7,13H,3-4H2,1-2H3,(H,11,14)(H,15,16). The first kappa shape index (κ1) is 13.6. The minimum absolute atomic E-state index is 0.0160. The van der Waals surface area contributed by atoms with Crippen LogP contribution in [0.2, 0.25) is 0 Å².